The maximum absolute atomic E-state index is 13.1. The zero-order chi connectivity index (χ0) is 22.1. The number of hydrogen-bond donors (Lipinski definition) is 3. The number of fused-ring (bicyclic) bond motifs is 1. The summed E-state index contributed by atoms with van der Waals surface area (Å²) in [4.78, 5) is 33.4. The summed E-state index contributed by atoms with van der Waals surface area (Å²) in [7, 11) is 3.23. The summed E-state index contributed by atoms with van der Waals surface area (Å²) in [5.41, 5.74) is 2.80. The minimum Gasteiger partial charge on any atom is -0.355 e. The number of nitrogens with zero attached hydrogens (tertiary/aromatic N) is 3. The Morgan fingerprint density at radius 3 is 2.61 bits per heavy atom. The summed E-state index contributed by atoms with van der Waals surface area (Å²) < 4.78 is 14.6. The Hall–Kier alpha value is -4.01. The highest BCUT2D eigenvalue weighted by molar-refractivity contribution is 6.01. The highest BCUT2D eigenvalue weighted by atomic mass is 19.1. The largest absolute Gasteiger partial charge is 0.355 e. The second-order valence-electron chi connectivity index (χ2n) is 7.24. The second-order valence-corrected chi connectivity index (χ2v) is 7.24. The number of rotatable bonds is 5. The van der Waals surface area contributed by atoms with Crippen LogP contribution in [0.3, 0.4) is 0 Å². The monoisotopic (exact) mass is 420 g/mol. The topological polar surface area (TPSA) is 101 Å². The molecule has 1 aliphatic rings. The molecular weight excluding hydrogens is 399 g/mol. The van der Waals surface area contributed by atoms with E-state index in [1.807, 2.05) is 19.1 Å². The number of carbonyl (C=O) groups is 1. The van der Waals surface area contributed by atoms with Gasteiger partial charge < -0.3 is 20.5 Å². The third kappa shape index (κ3) is 3.89. The first-order valence-electron chi connectivity index (χ1n) is 9.67. The molecule has 4 rings (SSSR count). The van der Waals surface area contributed by atoms with Gasteiger partial charge in [0.25, 0.3) is 11.5 Å². The Morgan fingerprint density at radius 1 is 1.13 bits per heavy atom. The average Bonchev–Trinajstić information content (AvgIpc) is 3.07. The first-order chi connectivity index (χ1) is 14.9. The third-order valence-electron chi connectivity index (χ3n) is 5.11. The fraction of sp³-hybridized carbons (Fsp3) is 0.182. The maximum atomic E-state index is 13.1. The minimum atomic E-state index is -0.446. The van der Waals surface area contributed by atoms with E-state index in [1.54, 1.807) is 19.3 Å². The van der Waals surface area contributed by atoms with E-state index in [2.05, 4.69) is 25.9 Å². The SMILES string of the molecule is CNC(=O)c1cnc(Nc2ccc(F)cn2)cc1NC1=CC(C)c2ccn(C)c(=O)c21. The van der Waals surface area contributed by atoms with Gasteiger partial charge in [-0.15, -0.1) is 0 Å². The van der Waals surface area contributed by atoms with Crippen molar-refractivity contribution in [3.05, 3.63) is 81.8 Å². The number of halogens is 1. The molecule has 1 atom stereocenters. The summed E-state index contributed by atoms with van der Waals surface area (Å²) in [6, 6.07) is 6.33. The number of hydrogen-bond acceptors (Lipinski definition) is 6. The smallest absolute Gasteiger partial charge is 0.259 e. The number of anilines is 3. The molecule has 0 saturated heterocycles. The molecule has 1 unspecified atom stereocenters. The van der Waals surface area contributed by atoms with E-state index in [1.165, 1.54) is 29.9 Å². The summed E-state index contributed by atoms with van der Waals surface area (Å²) in [5.74, 6) is 0.0907. The predicted molar refractivity (Wildman–Crippen MR) is 117 cm³/mol. The second kappa shape index (κ2) is 8.02. The normalized spacial score (nSPS) is 14.6. The van der Waals surface area contributed by atoms with Gasteiger partial charge >= 0.3 is 0 Å². The lowest BCUT2D eigenvalue weighted by Gasteiger charge is -2.15. The van der Waals surface area contributed by atoms with Crippen LogP contribution in [0, 0.1) is 5.82 Å². The molecule has 8 nitrogen and oxygen atoms in total. The first-order valence-corrected chi connectivity index (χ1v) is 9.67. The van der Waals surface area contributed by atoms with E-state index in [0.717, 1.165) is 11.8 Å². The molecule has 3 heterocycles. The van der Waals surface area contributed by atoms with Gasteiger partial charge in [0.1, 0.15) is 17.5 Å². The Bertz CT molecular complexity index is 1250. The van der Waals surface area contributed by atoms with Gasteiger partial charge in [-0.1, -0.05) is 13.0 Å². The van der Waals surface area contributed by atoms with Crippen LogP contribution in [0.1, 0.15) is 34.3 Å². The zero-order valence-corrected chi connectivity index (χ0v) is 17.2. The lowest BCUT2D eigenvalue weighted by atomic mass is 10.0. The van der Waals surface area contributed by atoms with Gasteiger partial charge in [0.15, 0.2) is 0 Å². The summed E-state index contributed by atoms with van der Waals surface area (Å²) in [5, 5.41) is 8.82. The van der Waals surface area contributed by atoms with Crippen molar-refractivity contribution in [3.8, 4) is 0 Å². The van der Waals surface area contributed by atoms with Gasteiger partial charge in [-0.25, -0.2) is 14.4 Å². The highest BCUT2D eigenvalue weighted by Gasteiger charge is 2.25. The quantitative estimate of drug-likeness (QED) is 0.587. The van der Waals surface area contributed by atoms with Gasteiger partial charge in [0, 0.05) is 44.2 Å². The minimum absolute atomic E-state index is 0.0534. The van der Waals surface area contributed by atoms with Gasteiger partial charge in [-0.3, -0.25) is 9.59 Å². The molecule has 0 fully saturated rings. The molecule has 158 valence electrons. The average molecular weight is 420 g/mol. The number of carbonyl (C=O) groups excluding carboxylic acids is 1. The van der Waals surface area contributed by atoms with Crippen molar-refractivity contribution in [3.63, 3.8) is 0 Å². The van der Waals surface area contributed by atoms with Crippen molar-refractivity contribution < 1.29 is 9.18 Å². The van der Waals surface area contributed by atoms with Crippen LogP contribution < -0.4 is 21.5 Å². The van der Waals surface area contributed by atoms with Gasteiger partial charge in [-0.2, -0.15) is 0 Å². The molecule has 0 saturated carbocycles. The number of aryl methyl sites for hydroxylation is 1. The van der Waals surface area contributed by atoms with Crippen LogP contribution in [0.4, 0.5) is 21.7 Å². The molecule has 3 aromatic rings. The van der Waals surface area contributed by atoms with E-state index in [0.29, 0.717) is 34.1 Å². The molecule has 0 aromatic carbocycles. The van der Waals surface area contributed by atoms with E-state index >= 15 is 0 Å². The van der Waals surface area contributed by atoms with E-state index in [4.69, 9.17) is 0 Å². The summed E-state index contributed by atoms with van der Waals surface area (Å²) in [6.45, 7) is 2.01. The van der Waals surface area contributed by atoms with Crippen LogP contribution >= 0.6 is 0 Å². The maximum Gasteiger partial charge on any atom is 0.259 e. The first kappa shape index (κ1) is 20.3. The van der Waals surface area contributed by atoms with Crippen LogP contribution in [0.25, 0.3) is 5.70 Å². The number of pyridine rings is 3. The molecule has 0 spiro atoms. The van der Waals surface area contributed by atoms with E-state index < -0.39 is 5.82 Å². The van der Waals surface area contributed by atoms with Crippen molar-refractivity contribution in [2.24, 2.45) is 7.05 Å². The van der Waals surface area contributed by atoms with Crippen LogP contribution in [0.5, 0.6) is 0 Å². The van der Waals surface area contributed by atoms with Crippen LogP contribution in [0.2, 0.25) is 0 Å². The lowest BCUT2D eigenvalue weighted by Crippen LogP contribution is -2.23. The van der Waals surface area contributed by atoms with Crippen LogP contribution in [0.15, 0.2) is 53.7 Å². The molecule has 31 heavy (non-hydrogen) atoms. The van der Waals surface area contributed by atoms with Crippen molar-refractivity contribution in [1.82, 2.24) is 19.9 Å². The van der Waals surface area contributed by atoms with Gasteiger partial charge in [0.05, 0.1) is 23.0 Å². The number of aromatic nitrogens is 3. The molecule has 0 bridgehead atoms. The van der Waals surface area contributed by atoms with Gasteiger partial charge in [-0.05, 0) is 23.8 Å². The molecule has 3 N–H and O–H groups in total. The van der Waals surface area contributed by atoms with Crippen LogP contribution in [-0.2, 0) is 7.05 Å². The fourth-order valence-corrected chi connectivity index (χ4v) is 3.49. The Kier molecular flexibility index (Phi) is 5.24. The van der Waals surface area contributed by atoms with Crippen molar-refractivity contribution in [1.29, 1.82) is 0 Å². The molecule has 3 aromatic heterocycles. The van der Waals surface area contributed by atoms with Gasteiger partial charge in [0.2, 0.25) is 0 Å². The summed E-state index contributed by atoms with van der Waals surface area (Å²) in [6.07, 6.45) is 6.22. The molecule has 1 aliphatic carbocycles. The molecule has 0 radical (unpaired) electrons. The lowest BCUT2D eigenvalue weighted by molar-refractivity contribution is 0.0963. The zero-order valence-electron chi connectivity index (χ0n) is 17.2. The number of allylic oxidation sites excluding steroid dienone is 1. The number of amides is 1. The summed E-state index contributed by atoms with van der Waals surface area (Å²) >= 11 is 0. The third-order valence-corrected chi connectivity index (χ3v) is 5.11. The predicted octanol–water partition coefficient (Wildman–Crippen LogP) is 2.99. The molecule has 0 aliphatic heterocycles. The standard InChI is InChI=1S/C22H21FN6O2/c1-12-8-17(20-14(12)6-7-29(3)22(20)31)27-16-9-19(26-11-15(16)21(30)24-2)28-18-5-4-13(23)10-25-18/h4-12H,1-3H3,(H,24,30)(H2,25,26,27,28). The fourth-order valence-electron chi connectivity index (χ4n) is 3.49. The van der Waals surface area contributed by atoms with Crippen molar-refractivity contribution >= 4 is 28.9 Å². The Balaban J connectivity index is 1.73. The van der Waals surface area contributed by atoms with Crippen molar-refractivity contribution in [2.75, 3.05) is 17.7 Å². The van der Waals surface area contributed by atoms with Crippen LogP contribution in [-0.4, -0.2) is 27.5 Å². The molecule has 9 heteroatoms. The molecular formula is C22H21FN6O2. The number of nitrogens with one attached hydrogen (secondary N) is 3. The Labute approximate surface area is 177 Å². The van der Waals surface area contributed by atoms with E-state index in [9.17, 15) is 14.0 Å². The highest BCUT2D eigenvalue weighted by Crippen LogP contribution is 2.35. The van der Waals surface area contributed by atoms with E-state index in [-0.39, 0.29) is 17.4 Å². The van der Waals surface area contributed by atoms with Crippen molar-refractivity contribution in [2.45, 2.75) is 12.8 Å². The Morgan fingerprint density at radius 2 is 1.90 bits per heavy atom. The molecule has 1 amide bonds.